The summed E-state index contributed by atoms with van der Waals surface area (Å²) in [5.41, 5.74) is 0.848. The number of fused-ring (bicyclic) bond motifs is 1. The Morgan fingerprint density at radius 2 is 2.28 bits per heavy atom. The average Bonchev–Trinajstić information content (AvgIpc) is 3.22. The zero-order valence-corrected chi connectivity index (χ0v) is 14.5. The second-order valence-electron chi connectivity index (χ2n) is 5.12. The van der Waals surface area contributed by atoms with Gasteiger partial charge in [0, 0.05) is 11.1 Å². The number of ether oxygens (including phenoxy) is 3. The van der Waals surface area contributed by atoms with Crippen molar-refractivity contribution in [2.45, 2.75) is 12.8 Å². The maximum atomic E-state index is 12.2. The predicted octanol–water partition coefficient (Wildman–Crippen LogP) is 2.87. The molecule has 1 atom stereocenters. The molecule has 0 saturated heterocycles. The first kappa shape index (κ1) is 17.2. The number of nitriles is 1. The average molecular weight is 379 g/mol. The molecule has 0 radical (unpaired) electrons. The normalized spacial score (nSPS) is 13.2. The Morgan fingerprint density at radius 1 is 1.48 bits per heavy atom. The summed E-state index contributed by atoms with van der Waals surface area (Å²) >= 11 is 7.22. The lowest BCUT2D eigenvalue weighted by Gasteiger charge is -2.08. The van der Waals surface area contributed by atoms with Gasteiger partial charge < -0.3 is 14.2 Å². The van der Waals surface area contributed by atoms with Crippen LogP contribution in [-0.2, 0) is 9.53 Å². The molecule has 9 heteroatoms. The molecular formula is C16H11ClN2O5S. The number of Topliss-reactive ketones (excluding diaryl/α,β-unsaturated/α-hetero) is 1. The third-order valence-electron chi connectivity index (χ3n) is 3.34. The van der Waals surface area contributed by atoms with E-state index in [0.717, 1.165) is 5.69 Å². The van der Waals surface area contributed by atoms with E-state index >= 15 is 0 Å². The number of benzene rings is 1. The zero-order chi connectivity index (χ0) is 18.0. The summed E-state index contributed by atoms with van der Waals surface area (Å²) in [6.07, 6.45) is 0. The maximum absolute atomic E-state index is 12.2. The standard InChI is InChI=1S/C16H11ClN2O5S/c1-8-6-25-15(19-8)10(4-18)12(20)5-22-16(21)9-2-11(17)14-13(3-9)23-7-24-14/h2-3,6,10H,5,7H2,1H3/t10-/m0/s1. The van der Waals surface area contributed by atoms with E-state index in [1.165, 1.54) is 23.5 Å². The van der Waals surface area contributed by atoms with E-state index < -0.39 is 24.3 Å². The molecule has 3 rings (SSSR count). The minimum absolute atomic E-state index is 0.0170. The van der Waals surface area contributed by atoms with E-state index in [-0.39, 0.29) is 17.4 Å². The van der Waals surface area contributed by atoms with Crippen LogP contribution in [0.1, 0.15) is 27.0 Å². The monoisotopic (exact) mass is 378 g/mol. The van der Waals surface area contributed by atoms with Crippen molar-refractivity contribution < 1.29 is 23.8 Å². The fraction of sp³-hybridized carbons (Fsp3) is 0.250. The number of ketones is 1. The molecule has 2 heterocycles. The first-order chi connectivity index (χ1) is 12.0. The van der Waals surface area contributed by atoms with Gasteiger partial charge in [-0.25, -0.2) is 9.78 Å². The van der Waals surface area contributed by atoms with Crippen molar-refractivity contribution in [3.05, 3.63) is 38.8 Å². The molecule has 0 saturated carbocycles. The molecule has 0 bridgehead atoms. The lowest BCUT2D eigenvalue weighted by Crippen LogP contribution is -2.20. The molecule has 0 aliphatic carbocycles. The van der Waals surface area contributed by atoms with Gasteiger partial charge in [-0.1, -0.05) is 11.6 Å². The molecule has 1 aromatic carbocycles. The maximum Gasteiger partial charge on any atom is 0.338 e. The highest BCUT2D eigenvalue weighted by Crippen LogP contribution is 2.39. The van der Waals surface area contributed by atoms with Crippen LogP contribution in [0.3, 0.4) is 0 Å². The van der Waals surface area contributed by atoms with Crippen molar-refractivity contribution in [1.29, 1.82) is 5.26 Å². The fourth-order valence-electron chi connectivity index (χ4n) is 2.16. The fourth-order valence-corrected chi connectivity index (χ4v) is 3.28. The molecular weight excluding hydrogens is 368 g/mol. The van der Waals surface area contributed by atoms with E-state index in [1.807, 2.05) is 6.07 Å². The molecule has 1 aromatic heterocycles. The van der Waals surface area contributed by atoms with Gasteiger partial charge in [-0.2, -0.15) is 5.26 Å². The molecule has 128 valence electrons. The van der Waals surface area contributed by atoms with Crippen molar-refractivity contribution in [2.24, 2.45) is 0 Å². The number of rotatable bonds is 5. The van der Waals surface area contributed by atoms with Gasteiger partial charge in [0.15, 0.2) is 29.8 Å². The number of carbonyl (C=O) groups is 2. The number of thiazole rings is 1. The Labute approximate surface area is 151 Å². The summed E-state index contributed by atoms with van der Waals surface area (Å²) in [6, 6.07) is 4.68. The highest BCUT2D eigenvalue weighted by atomic mass is 35.5. The van der Waals surface area contributed by atoms with Gasteiger partial charge in [0.05, 0.1) is 16.7 Å². The summed E-state index contributed by atoms with van der Waals surface area (Å²) in [5.74, 6) is -1.67. The topological polar surface area (TPSA) is 98.5 Å². The SMILES string of the molecule is Cc1csc([C@@H](C#N)C(=O)COC(=O)c2cc(Cl)c3c(c2)OCO3)n1. The second-order valence-corrected chi connectivity index (χ2v) is 6.42. The first-order valence-corrected chi connectivity index (χ1v) is 8.36. The Bertz CT molecular complexity index is 889. The Kier molecular flexibility index (Phi) is 4.88. The number of carbonyl (C=O) groups excluding carboxylic acids is 2. The quantitative estimate of drug-likeness (QED) is 0.737. The van der Waals surface area contributed by atoms with E-state index in [2.05, 4.69) is 4.98 Å². The van der Waals surface area contributed by atoms with Crippen LogP contribution < -0.4 is 9.47 Å². The first-order valence-electron chi connectivity index (χ1n) is 7.10. The Morgan fingerprint density at radius 3 is 2.96 bits per heavy atom. The summed E-state index contributed by atoms with van der Waals surface area (Å²) in [7, 11) is 0. The van der Waals surface area contributed by atoms with Gasteiger partial charge in [-0.05, 0) is 19.1 Å². The van der Waals surface area contributed by atoms with Gasteiger partial charge >= 0.3 is 5.97 Å². The molecule has 0 spiro atoms. The molecule has 7 nitrogen and oxygen atoms in total. The number of aryl methyl sites for hydroxylation is 1. The summed E-state index contributed by atoms with van der Waals surface area (Å²) in [5, 5.41) is 11.5. The largest absolute Gasteiger partial charge is 0.454 e. The molecule has 0 unspecified atom stereocenters. The van der Waals surface area contributed by atoms with Crippen LogP contribution in [0.2, 0.25) is 5.02 Å². The highest BCUT2D eigenvalue weighted by molar-refractivity contribution is 7.09. The third-order valence-corrected chi connectivity index (χ3v) is 4.65. The van der Waals surface area contributed by atoms with Crippen LogP contribution in [0.25, 0.3) is 0 Å². The van der Waals surface area contributed by atoms with Gasteiger partial charge in [0.2, 0.25) is 6.79 Å². The molecule has 2 aromatic rings. The molecule has 25 heavy (non-hydrogen) atoms. The molecule has 1 aliphatic heterocycles. The van der Waals surface area contributed by atoms with Gasteiger partial charge in [0.25, 0.3) is 0 Å². The van der Waals surface area contributed by atoms with Crippen molar-refractivity contribution in [3.63, 3.8) is 0 Å². The number of hydrogen-bond donors (Lipinski definition) is 0. The smallest absolute Gasteiger partial charge is 0.338 e. The van der Waals surface area contributed by atoms with Crippen LogP contribution in [-0.4, -0.2) is 30.1 Å². The molecule has 0 fully saturated rings. The second kappa shape index (κ2) is 7.09. The number of halogens is 1. The van der Waals surface area contributed by atoms with Crippen molar-refractivity contribution >= 4 is 34.7 Å². The highest BCUT2D eigenvalue weighted by Gasteiger charge is 2.26. The minimum atomic E-state index is -1.06. The van der Waals surface area contributed by atoms with Gasteiger partial charge in [-0.3, -0.25) is 4.79 Å². The van der Waals surface area contributed by atoms with E-state index in [0.29, 0.717) is 16.5 Å². The third kappa shape index (κ3) is 3.57. The van der Waals surface area contributed by atoms with Crippen molar-refractivity contribution in [3.8, 4) is 17.6 Å². The van der Waals surface area contributed by atoms with Crippen molar-refractivity contribution in [2.75, 3.05) is 13.4 Å². The lowest BCUT2D eigenvalue weighted by molar-refractivity contribution is -0.122. The number of nitrogens with zero attached hydrogens (tertiary/aromatic N) is 2. The van der Waals surface area contributed by atoms with E-state index in [4.69, 9.17) is 25.8 Å². The van der Waals surface area contributed by atoms with Gasteiger partial charge in [-0.15, -0.1) is 11.3 Å². The lowest BCUT2D eigenvalue weighted by atomic mass is 10.1. The van der Waals surface area contributed by atoms with Crippen LogP contribution in [0.4, 0.5) is 0 Å². The number of hydrogen-bond acceptors (Lipinski definition) is 8. The summed E-state index contributed by atoms with van der Waals surface area (Å²) in [4.78, 5) is 28.4. The van der Waals surface area contributed by atoms with E-state index in [9.17, 15) is 14.9 Å². The predicted molar refractivity (Wildman–Crippen MR) is 88.1 cm³/mol. The minimum Gasteiger partial charge on any atom is -0.454 e. The molecule has 0 amide bonds. The Balaban J connectivity index is 1.67. The van der Waals surface area contributed by atoms with E-state index in [1.54, 1.807) is 12.3 Å². The molecule has 0 N–H and O–H groups in total. The summed E-state index contributed by atoms with van der Waals surface area (Å²) in [6.45, 7) is 1.24. The number of aromatic nitrogens is 1. The number of esters is 1. The van der Waals surface area contributed by atoms with Gasteiger partial charge in [0.1, 0.15) is 5.01 Å². The zero-order valence-electron chi connectivity index (χ0n) is 12.9. The van der Waals surface area contributed by atoms with Crippen LogP contribution in [0.15, 0.2) is 17.5 Å². The van der Waals surface area contributed by atoms with Crippen LogP contribution in [0.5, 0.6) is 11.5 Å². The summed E-state index contributed by atoms with van der Waals surface area (Å²) < 4.78 is 15.3. The Hall–Kier alpha value is -2.63. The van der Waals surface area contributed by atoms with Crippen molar-refractivity contribution in [1.82, 2.24) is 4.98 Å². The van der Waals surface area contributed by atoms with Crippen LogP contribution in [0, 0.1) is 18.3 Å². The molecule has 1 aliphatic rings. The van der Waals surface area contributed by atoms with Crippen LogP contribution >= 0.6 is 22.9 Å².